The molecule has 0 aromatic carbocycles. The number of likely N-dealkylation sites (tertiary alicyclic amines) is 1. The van der Waals surface area contributed by atoms with Gasteiger partial charge in [-0.15, -0.1) is 0 Å². The summed E-state index contributed by atoms with van der Waals surface area (Å²) in [6.07, 6.45) is 1.96. The lowest BCUT2D eigenvalue weighted by molar-refractivity contribution is -0.147. The van der Waals surface area contributed by atoms with Crippen LogP contribution in [0, 0.1) is 0 Å². The Labute approximate surface area is 124 Å². The van der Waals surface area contributed by atoms with E-state index in [1.807, 2.05) is 0 Å². The van der Waals surface area contributed by atoms with Crippen molar-refractivity contribution >= 4 is 18.0 Å². The number of methoxy groups -OCH3 is 1. The van der Waals surface area contributed by atoms with Crippen LogP contribution in [0.3, 0.4) is 0 Å². The van der Waals surface area contributed by atoms with Crippen LogP contribution >= 0.6 is 0 Å². The van der Waals surface area contributed by atoms with E-state index in [4.69, 9.17) is 5.11 Å². The number of ether oxygens (including phenoxy) is 1. The van der Waals surface area contributed by atoms with Gasteiger partial charge >= 0.3 is 18.0 Å². The van der Waals surface area contributed by atoms with Crippen LogP contribution in [-0.2, 0) is 14.3 Å². The Morgan fingerprint density at radius 3 is 2.48 bits per heavy atom. The molecule has 1 saturated heterocycles. The molecule has 1 aliphatic rings. The quantitative estimate of drug-likeness (QED) is 0.629. The minimum atomic E-state index is -1.28. The van der Waals surface area contributed by atoms with Gasteiger partial charge in [-0.3, -0.25) is 4.79 Å². The number of amides is 2. The van der Waals surface area contributed by atoms with Gasteiger partial charge in [-0.1, -0.05) is 0 Å². The topological polar surface area (TPSA) is 99.2 Å². The van der Waals surface area contributed by atoms with Gasteiger partial charge < -0.3 is 25.0 Å². The van der Waals surface area contributed by atoms with Gasteiger partial charge in [0.2, 0.25) is 0 Å². The van der Waals surface area contributed by atoms with E-state index in [1.165, 1.54) is 24.9 Å². The number of carboxylic acid groups (broad SMARTS) is 1. The van der Waals surface area contributed by atoms with Crippen LogP contribution in [0.25, 0.3) is 0 Å². The van der Waals surface area contributed by atoms with Gasteiger partial charge in [0.1, 0.15) is 6.04 Å². The molecule has 120 valence electrons. The first kappa shape index (κ1) is 17.2. The maximum atomic E-state index is 11.9. The van der Waals surface area contributed by atoms with Crippen LogP contribution in [-0.4, -0.2) is 79.3 Å². The average Bonchev–Trinajstić information content (AvgIpc) is 2.96. The second-order valence-electron chi connectivity index (χ2n) is 5.09. The van der Waals surface area contributed by atoms with Crippen LogP contribution in [0.1, 0.15) is 19.3 Å². The van der Waals surface area contributed by atoms with Crippen molar-refractivity contribution in [3.05, 3.63) is 0 Å². The van der Waals surface area contributed by atoms with Crippen molar-refractivity contribution in [2.24, 2.45) is 0 Å². The predicted octanol–water partition coefficient (Wildman–Crippen LogP) is -0.260. The maximum absolute atomic E-state index is 11.9. The number of likely N-dealkylation sites (N-methyl/N-ethyl adjacent to an activating group) is 1. The summed E-state index contributed by atoms with van der Waals surface area (Å²) in [6.45, 7) is 3.35. The second kappa shape index (κ2) is 8.46. The van der Waals surface area contributed by atoms with Gasteiger partial charge in [0.05, 0.1) is 13.5 Å². The maximum Gasteiger partial charge on any atom is 0.326 e. The molecule has 8 nitrogen and oxygen atoms in total. The van der Waals surface area contributed by atoms with E-state index in [0.717, 1.165) is 19.6 Å². The zero-order chi connectivity index (χ0) is 15.8. The Hall–Kier alpha value is -1.83. The van der Waals surface area contributed by atoms with Crippen LogP contribution in [0.15, 0.2) is 0 Å². The van der Waals surface area contributed by atoms with Crippen molar-refractivity contribution in [3.63, 3.8) is 0 Å². The Kier molecular flexibility index (Phi) is 6.93. The van der Waals surface area contributed by atoms with Crippen molar-refractivity contribution in [1.82, 2.24) is 15.1 Å². The summed E-state index contributed by atoms with van der Waals surface area (Å²) in [4.78, 5) is 37.7. The molecule has 8 heteroatoms. The molecule has 1 fully saturated rings. The molecule has 0 spiro atoms. The minimum absolute atomic E-state index is 0.391. The van der Waals surface area contributed by atoms with Crippen LogP contribution < -0.4 is 5.32 Å². The molecule has 0 unspecified atom stereocenters. The highest BCUT2D eigenvalue weighted by molar-refractivity contribution is 5.86. The van der Waals surface area contributed by atoms with Gasteiger partial charge in [0.25, 0.3) is 0 Å². The number of aliphatic carboxylic acids is 1. The van der Waals surface area contributed by atoms with Crippen molar-refractivity contribution < 1.29 is 24.2 Å². The molecular weight excluding hydrogens is 278 g/mol. The summed E-state index contributed by atoms with van der Waals surface area (Å²) in [5.74, 6) is -1.94. The lowest BCUT2D eigenvalue weighted by Crippen LogP contribution is -2.49. The van der Waals surface area contributed by atoms with Crippen LogP contribution in [0.2, 0.25) is 0 Å². The first-order valence-electron chi connectivity index (χ1n) is 6.97. The predicted molar refractivity (Wildman–Crippen MR) is 74.9 cm³/mol. The van der Waals surface area contributed by atoms with Crippen molar-refractivity contribution in [1.29, 1.82) is 0 Å². The smallest absolute Gasteiger partial charge is 0.326 e. The number of carbonyl (C=O) groups is 3. The lowest BCUT2D eigenvalue weighted by Gasteiger charge is -2.23. The zero-order valence-corrected chi connectivity index (χ0v) is 12.5. The molecule has 21 heavy (non-hydrogen) atoms. The van der Waals surface area contributed by atoms with Crippen molar-refractivity contribution in [3.8, 4) is 0 Å². The number of rotatable bonds is 7. The van der Waals surface area contributed by atoms with Crippen molar-refractivity contribution in [2.75, 3.05) is 40.3 Å². The highest BCUT2D eigenvalue weighted by atomic mass is 16.5. The second-order valence-corrected chi connectivity index (χ2v) is 5.09. The molecular formula is C13H23N3O5. The molecule has 1 heterocycles. The summed E-state index contributed by atoms with van der Waals surface area (Å²) < 4.78 is 4.41. The molecule has 0 bridgehead atoms. The molecule has 0 saturated carbocycles. The highest BCUT2D eigenvalue weighted by Crippen LogP contribution is 2.06. The summed E-state index contributed by atoms with van der Waals surface area (Å²) in [7, 11) is 2.77. The molecule has 0 aliphatic carbocycles. The normalized spacial score (nSPS) is 16.3. The Bertz CT molecular complexity index is 382. The van der Waals surface area contributed by atoms with Crippen LogP contribution in [0.4, 0.5) is 4.79 Å². The van der Waals surface area contributed by atoms with Gasteiger partial charge in [0, 0.05) is 20.1 Å². The third kappa shape index (κ3) is 5.99. The number of hydrogen-bond donors (Lipinski definition) is 2. The van der Waals surface area contributed by atoms with Gasteiger partial charge in [-0.2, -0.15) is 0 Å². The standard InChI is InChI=1S/C13H23N3O5/c1-15(7-8-16-5-3-4-6-16)13(20)14-10(12(18)19)9-11(17)21-2/h10H,3-9H2,1-2H3,(H,14,20)(H,18,19)/t10-/m0/s1. The fraction of sp³-hybridized carbons (Fsp3) is 0.769. The molecule has 0 aromatic heterocycles. The van der Waals surface area contributed by atoms with E-state index in [1.54, 1.807) is 7.05 Å². The van der Waals surface area contributed by atoms with Gasteiger partial charge in [-0.25, -0.2) is 9.59 Å². The number of carboxylic acids is 1. The number of nitrogens with one attached hydrogen (secondary N) is 1. The SMILES string of the molecule is COC(=O)C[C@H](NC(=O)N(C)CCN1CCCC1)C(=O)O. The average molecular weight is 301 g/mol. The number of nitrogens with zero attached hydrogens (tertiary/aromatic N) is 2. The van der Waals surface area contributed by atoms with E-state index in [-0.39, 0.29) is 0 Å². The molecule has 0 radical (unpaired) electrons. The summed E-state index contributed by atoms with van der Waals surface area (Å²) in [5, 5.41) is 11.3. The van der Waals surface area contributed by atoms with E-state index in [0.29, 0.717) is 6.54 Å². The summed E-state index contributed by atoms with van der Waals surface area (Å²) in [6, 6.07) is -1.79. The first-order chi connectivity index (χ1) is 9.93. The lowest BCUT2D eigenvalue weighted by atomic mass is 10.2. The monoisotopic (exact) mass is 301 g/mol. The largest absolute Gasteiger partial charge is 0.480 e. The molecule has 1 aliphatic heterocycles. The Morgan fingerprint density at radius 2 is 1.95 bits per heavy atom. The van der Waals surface area contributed by atoms with Gasteiger partial charge in [0.15, 0.2) is 0 Å². The fourth-order valence-corrected chi connectivity index (χ4v) is 2.11. The first-order valence-corrected chi connectivity index (χ1v) is 6.97. The minimum Gasteiger partial charge on any atom is -0.480 e. The number of urea groups is 1. The van der Waals surface area contributed by atoms with E-state index >= 15 is 0 Å². The van der Waals surface area contributed by atoms with Crippen molar-refractivity contribution in [2.45, 2.75) is 25.3 Å². The Balaban J connectivity index is 2.40. The Morgan fingerprint density at radius 1 is 1.33 bits per heavy atom. The third-order valence-corrected chi connectivity index (χ3v) is 3.49. The highest BCUT2D eigenvalue weighted by Gasteiger charge is 2.25. The number of esters is 1. The molecule has 1 atom stereocenters. The number of hydrogen-bond acceptors (Lipinski definition) is 5. The molecule has 2 amide bonds. The third-order valence-electron chi connectivity index (χ3n) is 3.49. The van der Waals surface area contributed by atoms with E-state index < -0.39 is 30.4 Å². The zero-order valence-electron chi connectivity index (χ0n) is 12.5. The van der Waals surface area contributed by atoms with E-state index in [9.17, 15) is 14.4 Å². The molecule has 0 aromatic rings. The van der Waals surface area contributed by atoms with E-state index in [2.05, 4.69) is 15.0 Å². The summed E-state index contributed by atoms with van der Waals surface area (Å²) in [5.41, 5.74) is 0. The van der Waals surface area contributed by atoms with Gasteiger partial charge in [-0.05, 0) is 25.9 Å². The van der Waals surface area contributed by atoms with Crippen LogP contribution in [0.5, 0.6) is 0 Å². The fourth-order valence-electron chi connectivity index (χ4n) is 2.11. The number of carbonyl (C=O) groups excluding carboxylic acids is 2. The summed E-state index contributed by atoms with van der Waals surface area (Å²) >= 11 is 0. The molecule has 2 N–H and O–H groups in total. The molecule has 1 rings (SSSR count).